The number of benzene rings is 1. The normalized spacial score (nSPS) is 20.0. The SMILES string of the molecule is CC(C)[C@@H]1NC(=O)c2csc(n2)[C@H](Cc2ccccc2)NC(=O)CN(C(=O)CN2C(=O)CN(C)C2=O)CCCNC(=O)c2csc1n2. The largest absolute Gasteiger partial charge is 0.351 e. The van der Waals surface area contributed by atoms with Crippen molar-refractivity contribution in [3.8, 4) is 0 Å². The van der Waals surface area contributed by atoms with Crippen LogP contribution < -0.4 is 16.0 Å². The van der Waals surface area contributed by atoms with Gasteiger partial charge in [-0.3, -0.25) is 28.9 Å². The Labute approximate surface area is 279 Å². The van der Waals surface area contributed by atoms with Gasteiger partial charge < -0.3 is 25.8 Å². The van der Waals surface area contributed by atoms with Gasteiger partial charge in [-0.05, 0) is 24.3 Å². The molecule has 0 unspecified atom stereocenters. The van der Waals surface area contributed by atoms with E-state index in [-0.39, 0.29) is 49.9 Å². The summed E-state index contributed by atoms with van der Waals surface area (Å²) in [5.41, 5.74) is 1.30. The van der Waals surface area contributed by atoms with Crippen LogP contribution in [0, 0.1) is 5.92 Å². The van der Waals surface area contributed by atoms with Crippen molar-refractivity contribution < 1.29 is 28.8 Å². The van der Waals surface area contributed by atoms with E-state index in [0.29, 0.717) is 16.4 Å². The van der Waals surface area contributed by atoms with Gasteiger partial charge in [0, 0.05) is 30.9 Å². The van der Waals surface area contributed by atoms with Crippen LogP contribution >= 0.6 is 22.7 Å². The average molecular weight is 681 g/mol. The number of carbonyl (C=O) groups excluding carboxylic acids is 6. The highest BCUT2D eigenvalue weighted by Crippen LogP contribution is 2.27. The van der Waals surface area contributed by atoms with Crippen molar-refractivity contribution >= 4 is 58.2 Å². The second-order valence-corrected chi connectivity index (χ2v) is 13.5. The molecule has 4 heterocycles. The molecule has 0 saturated carbocycles. The predicted octanol–water partition coefficient (Wildman–Crippen LogP) is 1.98. The van der Waals surface area contributed by atoms with Crippen LogP contribution in [0.1, 0.15) is 68.9 Å². The fraction of sp³-hybridized carbons (Fsp3) is 0.419. The molecule has 0 spiro atoms. The molecule has 248 valence electrons. The molecule has 1 fully saturated rings. The zero-order valence-corrected chi connectivity index (χ0v) is 27.9. The van der Waals surface area contributed by atoms with Crippen LogP contribution in [0.15, 0.2) is 41.1 Å². The van der Waals surface area contributed by atoms with E-state index in [4.69, 9.17) is 0 Å². The highest BCUT2D eigenvalue weighted by molar-refractivity contribution is 7.10. The lowest BCUT2D eigenvalue weighted by Crippen LogP contribution is -2.48. The fourth-order valence-electron chi connectivity index (χ4n) is 5.19. The molecule has 7 amide bonds. The summed E-state index contributed by atoms with van der Waals surface area (Å²) in [5.74, 6) is -2.45. The lowest BCUT2D eigenvalue weighted by atomic mass is 10.0. The molecule has 2 aromatic heterocycles. The zero-order valence-electron chi connectivity index (χ0n) is 26.2. The third kappa shape index (κ3) is 8.18. The molecule has 2 aliphatic rings. The number of carbonyl (C=O) groups is 6. The Bertz CT molecular complexity index is 1660. The van der Waals surface area contributed by atoms with Gasteiger partial charge >= 0.3 is 6.03 Å². The van der Waals surface area contributed by atoms with E-state index in [1.54, 1.807) is 10.8 Å². The van der Waals surface area contributed by atoms with Crippen LogP contribution in [0.5, 0.6) is 0 Å². The predicted molar refractivity (Wildman–Crippen MR) is 174 cm³/mol. The number of likely N-dealkylation sites (N-methyl/N-ethyl adjacent to an activating group) is 1. The topological polar surface area (TPSA) is 174 Å². The number of amides is 7. The van der Waals surface area contributed by atoms with Crippen molar-refractivity contribution in [1.29, 1.82) is 0 Å². The van der Waals surface area contributed by atoms with E-state index in [1.807, 2.05) is 44.2 Å². The molecule has 1 aromatic carbocycles. The van der Waals surface area contributed by atoms with Crippen LogP contribution in [-0.2, 0) is 20.8 Å². The summed E-state index contributed by atoms with van der Waals surface area (Å²) in [4.78, 5) is 90.5. The molecule has 1 saturated heterocycles. The quantitative estimate of drug-likeness (QED) is 0.343. The second kappa shape index (κ2) is 14.8. The molecule has 16 heteroatoms. The Morgan fingerprint density at radius 3 is 2.30 bits per heavy atom. The average Bonchev–Trinajstić information content (AvgIpc) is 3.78. The first-order valence-corrected chi connectivity index (χ1v) is 16.9. The zero-order chi connectivity index (χ0) is 33.7. The summed E-state index contributed by atoms with van der Waals surface area (Å²) in [7, 11) is 1.47. The summed E-state index contributed by atoms with van der Waals surface area (Å²) in [6.07, 6.45) is 0.665. The van der Waals surface area contributed by atoms with E-state index in [1.165, 1.54) is 39.5 Å². The minimum Gasteiger partial charge on any atom is -0.351 e. The number of urea groups is 1. The van der Waals surface area contributed by atoms with Gasteiger partial charge in [-0.25, -0.2) is 14.8 Å². The van der Waals surface area contributed by atoms with Crippen LogP contribution in [0.3, 0.4) is 0 Å². The Kier molecular flexibility index (Phi) is 10.6. The Hall–Kier alpha value is -4.70. The molecule has 3 aromatic rings. The van der Waals surface area contributed by atoms with E-state index < -0.39 is 54.2 Å². The number of fused-ring (bicyclic) bond motifs is 4. The van der Waals surface area contributed by atoms with Crippen LogP contribution in [-0.4, -0.2) is 100 Å². The summed E-state index contributed by atoms with van der Waals surface area (Å²) >= 11 is 2.50. The Balaban J connectivity index is 1.44. The molecule has 0 aliphatic carbocycles. The third-order valence-electron chi connectivity index (χ3n) is 7.75. The molecule has 14 nitrogen and oxygen atoms in total. The fourth-order valence-corrected chi connectivity index (χ4v) is 7.06. The first-order chi connectivity index (χ1) is 22.5. The Morgan fingerprint density at radius 2 is 1.62 bits per heavy atom. The lowest BCUT2D eigenvalue weighted by Gasteiger charge is -2.25. The molecule has 4 bridgehead atoms. The standard InChI is InChI=1S/C31H36N8O6S2/c1-18(2)26-30-35-21(16-47-30)27(43)32-10-7-11-38(24(41)15-39-25(42)14-37(3)31(39)45)13-23(40)33-20(12-19-8-5-4-6-9-19)29-34-22(17-46-29)28(44)36-26/h4-6,8-9,16-18,20,26H,7,10-15H2,1-3H3,(H,32,43)(H,33,40)(H,36,44)/t20-,26-/m0/s1. The van der Waals surface area contributed by atoms with E-state index in [9.17, 15) is 28.8 Å². The monoisotopic (exact) mass is 680 g/mol. The smallest absolute Gasteiger partial charge is 0.327 e. The number of hydrogen-bond donors (Lipinski definition) is 3. The van der Waals surface area contributed by atoms with Gasteiger partial charge in [-0.1, -0.05) is 44.2 Å². The summed E-state index contributed by atoms with van der Waals surface area (Å²) in [6, 6.07) is 7.82. The summed E-state index contributed by atoms with van der Waals surface area (Å²) in [5, 5.41) is 13.1. The first kappa shape index (κ1) is 33.7. The van der Waals surface area contributed by atoms with Gasteiger partial charge in [0.25, 0.3) is 17.7 Å². The molecule has 5 rings (SSSR count). The van der Waals surface area contributed by atoms with Gasteiger partial charge in [0.15, 0.2) is 0 Å². The summed E-state index contributed by atoms with van der Waals surface area (Å²) in [6.45, 7) is 3.11. The number of nitrogens with one attached hydrogen (secondary N) is 3. The van der Waals surface area contributed by atoms with Crippen molar-refractivity contribution in [3.05, 3.63) is 68.1 Å². The van der Waals surface area contributed by atoms with Crippen LogP contribution in [0.2, 0.25) is 0 Å². The Morgan fingerprint density at radius 1 is 0.936 bits per heavy atom. The number of thiazole rings is 2. The number of aromatic nitrogens is 2. The maximum Gasteiger partial charge on any atom is 0.327 e. The number of imide groups is 1. The highest BCUT2D eigenvalue weighted by Gasteiger charge is 2.36. The molecule has 3 N–H and O–H groups in total. The van der Waals surface area contributed by atoms with Crippen molar-refractivity contribution in [2.45, 2.75) is 38.8 Å². The minimum atomic E-state index is -0.618. The third-order valence-corrected chi connectivity index (χ3v) is 9.63. The molecular formula is C31H36N8O6S2. The van der Waals surface area contributed by atoms with Gasteiger partial charge in [0.1, 0.15) is 34.5 Å². The van der Waals surface area contributed by atoms with Crippen molar-refractivity contribution in [3.63, 3.8) is 0 Å². The highest BCUT2D eigenvalue weighted by atomic mass is 32.1. The molecule has 2 aliphatic heterocycles. The number of hydrogen-bond acceptors (Lipinski definition) is 10. The van der Waals surface area contributed by atoms with E-state index in [2.05, 4.69) is 25.9 Å². The van der Waals surface area contributed by atoms with Crippen LogP contribution in [0.4, 0.5) is 4.79 Å². The summed E-state index contributed by atoms with van der Waals surface area (Å²) < 4.78 is 0. The molecule has 47 heavy (non-hydrogen) atoms. The lowest BCUT2D eigenvalue weighted by molar-refractivity contribution is -0.139. The maximum absolute atomic E-state index is 13.5. The van der Waals surface area contributed by atoms with E-state index >= 15 is 0 Å². The van der Waals surface area contributed by atoms with Crippen molar-refractivity contribution in [2.24, 2.45) is 5.92 Å². The van der Waals surface area contributed by atoms with Crippen molar-refractivity contribution in [2.75, 3.05) is 39.8 Å². The van der Waals surface area contributed by atoms with E-state index in [0.717, 1.165) is 10.5 Å². The van der Waals surface area contributed by atoms with Crippen molar-refractivity contribution in [1.82, 2.24) is 40.6 Å². The number of nitrogens with zero attached hydrogens (tertiary/aromatic N) is 5. The molecule has 2 atom stereocenters. The van der Waals surface area contributed by atoms with Gasteiger partial charge in [-0.15, -0.1) is 22.7 Å². The number of rotatable bonds is 5. The maximum atomic E-state index is 13.5. The van der Waals surface area contributed by atoms with Gasteiger partial charge in [0.05, 0.1) is 18.6 Å². The first-order valence-electron chi connectivity index (χ1n) is 15.2. The van der Waals surface area contributed by atoms with Crippen LogP contribution in [0.25, 0.3) is 0 Å². The second-order valence-electron chi connectivity index (χ2n) is 11.7. The molecular weight excluding hydrogens is 645 g/mol. The van der Waals surface area contributed by atoms with Gasteiger partial charge in [-0.2, -0.15) is 0 Å². The van der Waals surface area contributed by atoms with Gasteiger partial charge in [0.2, 0.25) is 11.8 Å². The molecule has 0 radical (unpaired) electrons. The minimum absolute atomic E-state index is 0.0339.